The van der Waals surface area contributed by atoms with Crippen LogP contribution in [0.5, 0.6) is 11.5 Å². The van der Waals surface area contributed by atoms with Crippen LogP contribution in [0.1, 0.15) is 25.6 Å². The van der Waals surface area contributed by atoms with Crippen LogP contribution in [0.25, 0.3) is 0 Å². The Hall–Kier alpha value is -2.22. The molecule has 0 spiro atoms. The van der Waals surface area contributed by atoms with Gasteiger partial charge in [0, 0.05) is 20.1 Å². The van der Waals surface area contributed by atoms with E-state index in [4.69, 9.17) is 9.47 Å². The Morgan fingerprint density at radius 2 is 2.07 bits per heavy atom. The normalized spacial score (nSPS) is 17.0. The van der Waals surface area contributed by atoms with Crippen molar-refractivity contribution in [3.63, 3.8) is 0 Å². The first kappa shape index (κ1) is 19.5. The molecule has 8 heteroatoms. The van der Waals surface area contributed by atoms with Gasteiger partial charge in [-0.1, -0.05) is 30.8 Å². The van der Waals surface area contributed by atoms with E-state index in [-0.39, 0.29) is 12.5 Å². The number of para-hydroxylation sites is 2. The number of amides is 1. The fraction of sp³-hybridized carbons (Fsp3) is 0.526. The van der Waals surface area contributed by atoms with Crippen LogP contribution in [-0.2, 0) is 18.4 Å². The summed E-state index contributed by atoms with van der Waals surface area (Å²) in [5, 5.41) is 9.10. The topological polar surface area (TPSA) is 69.5 Å². The average molecular weight is 391 g/mol. The van der Waals surface area contributed by atoms with E-state index in [0.29, 0.717) is 34.2 Å². The number of aromatic nitrogens is 3. The zero-order chi connectivity index (χ0) is 19.2. The van der Waals surface area contributed by atoms with E-state index in [0.717, 1.165) is 19.5 Å². The number of nitrogens with zero attached hydrogens (tertiary/aromatic N) is 4. The lowest BCUT2D eigenvalue weighted by Crippen LogP contribution is -2.40. The minimum absolute atomic E-state index is 0.168. The molecular weight excluding hydrogens is 364 g/mol. The van der Waals surface area contributed by atoms with Gasteiger partial charge in [0.15, 0.2) is 22.5 Å². The molecule has 1 fully saturated rings. The zero-order valence-corrected chi connectivity index (χ0v) is 16.9. The molecule has 146 valence electrons. The number of carbonyl (C=O) groups is 1. The summed E-state index contributed by atoms with van der Waals surface area (Å²) in [6, 6.07) is 7.48. The van der Waals surface area contributed by atoms with E-state index >= 15 is 0 Å². The van der Waals surface area contributed by atoms with Gasteiger partial charge in [-0.25, -0.2) is 0 Å². The summed E-state index contributed by atoms with van der Waals surface area (Å²) in [5.41, 5.74) is 0. The Bertz CT molecular complexity index is 780. The van der Waals surface area contributed by atoms with Crippen molar-refractivity contribution in [3.05, 3.63) is 30.1 Å². The van der Waals surface area contributed by atoms with Crippen molar-refractivity contribution in [3.8, 4) is 11.5 Å². The van der Waals surface area contributed by atoms with Gasteiger partial charge in [0.2, 0.25) is 5.91 Å². The van der Waals surface area contributed by atoms with Crippen molar-refractivity contribution in [2.45, 2.75) is 31.5 Å². The van der Waals surface area contributed by atoms with Gasteiger partial charge in [-0.2, -0.15) is 0 Å². The number of methoxy groups -OCH3 is 1. The average Bonchev–Trinajstić information content (AvgIpc) is 3.04. The Kier molecular flexibility index (Phi) is 6.60. The molecule has 1 saturated heterocycles. The summed E-state index contributed by atoms with van der Waals surface area (Å²) in [6.07, 6.45) is 2.29. The van der Waals surface area contributed by atoms with E-state index in [1.54, 1.807) is 7.11 Å². The smallest absolute Gasteiger partial charge is 0.233 e. The number of hydrogen-bond acceptors (Lipinski definition) is 6. The molecule has 0 N–H and O–H groups in total. The predicted octanol–water partition coefficient (Wildman–Crippen LogP) is 2.75. The van der Waals surface area contributed by atoms with Crippen molar-refractivity contribution >= 4 is 17.7 Å². The first-order chi connectivity index (χ1) is 13.1. The maximum absolute atomic E-state index is 12.4. The van der Waals surface area contributed by atoms with Crippen molar-refractivity contribution in [1.82, 2.24) is 19.7 Å². The lowest BCUT2D eigenvalue weighted by Gasteiger charge is -2.30. The van der Waals surface area contributed by atoms with Gasteiger partial charge in [0.1, 0.15) is 6.61 Å². The van der Waals surface area contributed by atoms with Gasteiger partial charge in [-0.15, -0.1) is 10.2 Å². The Balaban J connectivity index is 1.54. The molecule has 1 amide bonds. The first-order valence-corrected chi connectivity index (χ1v) is 10.1. The third-order valence-electron chi connectivity index (χ3n) is 4.69. The number of thioether (sulfide) groups is 1. The molecule has 3 rings (SSSR count). The van der Waals surface area contributed by atoms with Gasteiger partial charge < -0.3 is 18.9 Å². The zero-order valence-electron chi connectivity index (χ0n) is 16.1. The fourth-order valence-electron chi connectivity index (χ4n) is 3.11. The molecule has 0 radical (unpaired) electrons. The molecule has 1 aliphatic rings. The second kappa shape index (κ2) is 9.12. The van der Waals surface area contributed by atoms with Crippen LogP contribution < -0.4 is 9.47 Å². The molecule has 0 bridgehead atoms. The molecular formula is C19H26N4O3S. The summed E-state index contributed by atoms with van der Waals surface area (Å²) in [4.78, 5) is 14.4. The van der Waals surface area contributed by atoms with E-state index < -0.39 is 0 Å². The first-order valence-electron chi connectivity index (χ1n) is 9.13. The van der Waals surface area contributed by atoms with Crippen LogP contribution in [0.3, 0.4) is 0 Å². The molecule has 7 nitrogen and oxygen atoms in total. The SMILES string of the molecule is COc1ccccc1OCc1nnc(SCC(=O)N2CCC[C@H](C)C2)n1C. The van der Waals surface area contributed by atoms with Gasteiger partial charge in [-0.05, 0) is 30.9 Å². The quantitative estimate of drug-likeness (QED) is 0.677. The second-order valence-corrected chi connectivity index (χ2v) is 7.72. The highest BCUT2D eigenvalue weighted by Crippen LogP contribution is 2.27. The third kappa shape index (κ3) is 4.94. The molecule has 0 saturated carbocycles. The van der Waals surface area contributed by atoms with Crippen molar-refractivity contribution in [1.29, 1.82) is 0 Å². The minimum Gasteiger partial charge on any atom is -0.493 e. The van der Waals surface area contributed by atoms with E-state index in [2.05, 4.69) is 17.1 Å². The third-order valence-corrected chi connectivity index (χ3v) is 5.69. The summed E-state index contributed by atoms with van der Waals surface area (Å²) >= 11 is 1.42. The van der Waals surface area contributed by atoms with Gasteiger partial charge >= 0.3 is 0 Å². The number of benzene rings is 1. The number of likely N-dealkylation sites (tertiary alicyclic amines) is 1. The number of carbonyl (C=O) groups excluding carboxylic acids is 1. The maximum Gasteiger partial charge on any atom is 0.233 e. The van der Waals surface area contributed by atoms with Crippen LogP contribution in [0.4, 0.5) is 0 Å². The van der Waals surface area contributed by atoms with Crippen LogP contribution in [0, 0.1) is 5.92 Å². The Morgan fingerprint density at radius 3 is 2.81 bits per heavy atom. The minimum atomic E-state index is 0.168. The molecule has 0 aliphatic carbocycles. The summed E-state index contributed by atoms with van der Waals surface area (Å²) < 4.78 is 13.0. The largest absolute Gasteiger partial charge is 0.493 e. The standard InChI is InChI=1S/C19H26N4O3S/c1-14-7-6-10-23(11-14)18(24)13-27-19-21-20-17(22(19)2)12-26-16-9-5-4-8-15(16)25-3/h4-5,8-9,14H,6-7,10-13H2,1-3H3/t14-/m0/s1. The fourth-order valence-corrected chi connectivity index (χ4v) is 3.94. The highest BCUT2D eigenvalue weighted by atomic mass is 32.2. The van der Waals surface area contributed by atoms with E-state index in [1.807, 2.05) is 40.8 Å². The molecule has 0 unspecified atom stereocenters. The molecule has 2 aromatic rings. The van der Waals surface area contributed by atoms with Gasteiger partial charge in [0.25, 0.3) is 0 Å². The summed E-state index contributed by atoms with van der Waals surface area (Å²) in [6.45, 7) is 4.20. The Morgan fingerprint density at radius 1 is 1.30 bits per heavy atom. The lowest BCUT2D eigenvalue weighted by molar-refractivity contribution is -0.130. The number of rotatable bonds is 7. The lowest BCUT2D eigenvalue weighted by atomic mass is 10.0. The highest BCUT2D eigenvalue weighted by molar-refractivity contribution is 7.99. The maximum atomic E-state index is 12.4. The van der Waals surface area contributed by atoms with Crippen molar-refractivity contribution < 1.29 is 14.3 Å². The van der Waals surface area contributed by atoms with Crippen molar-refractivity contribution in [2.24, 2.45) is 13.0 Å². The molecule has 1 aromatic heterocycles. The molecule has 27 heavy (non-hydrogen) atoms. The summed E-state index contributed by atoms with van der Waals surface area (Å²) in [7, 11) is 3.50. The molecule has 2 heterocycles. The van der Waals surface area contributed by atoms with Crippen LogP contribution in [-0.4, -0.2) is 51.5 Å². The molecule has 1 aliphatic heterocycles. The second-order valence-electron chi connectivity index (χ2n) is 6.77. The van der Waals surface area contributed by atoms with E-state index in [9.17, 15) is 4.79 Å². The van der Waals surface area contributed by atoms with Gasteiger partial charge in [0.05, 0.1) is 12.9 Å². The number of hydrogen-bond donors (Lipinski definition) is 0. The molecule has 1 aromatic carbocycles. The summed E-state index contributed by atoms with van der Waals surface area (Å²) in [5.74, 6) is 3.17. The number of ether oxygens (including phenoxy) is 2. The van der Waals surface area contributed by atoms with Crippen LogP contribution in [0.2, 0.25) is 0 Å². The highest BCUT2D eigenvalue weighted by Gasteiger charge is 2.21. The Labute approximate surface area is 164 Å². The molecule has 1 atom stereocenters. The van der Waals surface area contributed by atoms with Gasteiger partial charge in [-0.3, -0.25) is 4.79 Å². The van der Waals surface area contributed by atoms with Crippen LogP contribution in [0.15, 0.2) is 29.4 Å². The number of piperidine rings is 1. The van der Waals surface area contributed by atoms with Crippen molar-refractivity contribution in [2.75, 3.05) is 26.0 Å². The van der Waals surface area contributed by atoms with E-state index in [1.165, 1.54) is 18.2 Å². The predicted molar refractivity (Wildman–Crippen MR) is 104 cm³/mol. The van der Waals surface area contributed by atoms with Crippen LogP contribution >= 0.6 is 11.8 Å². The monoisotopic (exact) mass is 390 g/mol.